The van der Waals surface area contributed by atoms with Crippen molar-refractivity contribution in [2.75, 3.05) is 6.61 Å². The fourth-order valence-corrected chi connectivity index (χ4v) is 3.72. The van der Waals surface area contributed by atoms with E-state index in [4.69, 9.17) is 4.74 Å². The van der Waals surface area contributed by atoms with Gasteiger partial charge in [0.25, 0.3) is 0 Å². The van der Waals surface area contributed by atoms with Crippen LogP contribution < -0.4 is 10.1 Å². The summed E-state index contributed by atoms with van der Waals surface area (Å²) in [5.41, 5.74) is -1.11. The van der Waals surface area contributed by atoms with Crippen molar-refractivity contribution in [1.82, 2.24) is 5.32 Å². The number of aliphatic hydroxyl groups excluding tert-OH is 1. The van der Waals surface area contributed by atoms with Crippen LogP contribution in [-0.4, -0.2) is 24.1 Å². The number of nitrogens with one attached hydrogen (secondary N) is 1. The normalized spacial score (nSPS) is 21.6. The molecule has 1 heterocycles. The first kappa shape index (κ1) is 22.9. The fourth-order valence-electron chi connectivity index (χ4n) is 3.72. The average Bonchev–Trinajstić information content (AvgIpc) is 2.73. The quantitative estimate of drug-likeness (QED) is 0.617. The number of aryl methyl sites for hydroxylation is 1. The number of nitriles is 1. The molecule has 0 spiro atoms. The Morgan fingerprint density at radius 3 is 2.35 bits per heavy atom. The first-order valence-electron chi connectivity index (χ1n) is 10.2. The first-order chi connectivity index (χ1) is 14.7. The third kappa shape index (κ3) is 4.60. The van der Waals surface area contributed by atoms with E-state index >= 15 is 0 Å². The van der Waals surface area contributed by atoms with Gasteiger partial charge in [-0.05, 0) is 42.2 Å². The molecule has 7 heteroatoms. The van der Waals surface area contributed by atoms with Gasteiger partial charge in [-0.25, -0.2) is 0 Å². The van der Waals surface area contributed by atoms with Crippen molar-refractivity contribution in [1.29, 1.82) is 5.26 Å². The second-order valence-electron chi connectivity index (χ2n) is 7.72. The summed E-state index contributed by atoms with van der Waals surface area (Å²) in [5.74, 6) is 0.484. The topological polar surface area (TPSA) is 65.3 Å². The molecule has 2 unspecified atom stereocenters. The maximum Gasteiger partial charge on any atom is 0.411 e. The summed E-state index contributed by atoms with van der Waals surface area (Å²) in [4.78, 5) is 0. The lowest BCUT2D eigenvalue weighted by Crippen LogP contribution is -2.60. The van der Waals surface area contributed by atoms with Gasteiger partial charge in [-0.1, -0.05) is 55.3 Å². The molecule has 0 aliphatic carbocycles. The Kier molecular flexibility index (Phi) is 6.73. The molecule has 0 amide bonds. The van der Waals surface area contributed by atoms with Gasteiger partial charge in [0.1, 0.15) is 17.5 Å². The molecule has 2 N–H and O–H groups in total. The highest BCUT2D eigenvalue weighted by atomic mass is 19.4. The van der Waals surface area contributed by atoms with Gasteiger partial charge in [0.05, 0.1) is 18.2 Å². The van der Waals surface area contributed by atoms with Gasteiger partial charge in [0.15, 0.2) is 0 Å². The number of unbranched alkanes of at least 4 members (excludes halogenated alkanes) is 1. The van der Waals surface area contributed by atoms with Crippen molar-refractivity contribution in [3.8, 4) is 11.8 Å². The van der Waals surface area contributed by atoms with Crippen LogP contribution in [0.2, 0.25) is 0 Å². The molecule has 1 aliphatic heterocycles. The fraction of sp³-hybridized carbons (Fsp3) is 0.375. The van der Waals surface area contributed by atoms with Crippen LogP contribution in [0, 0.1) is 18.3 Å². The summed E-state index contributed by atoms with van der Waals surface area (Å²) in [6.07, 6.45) is -5.20. The molecule has 1 aliphatic rings. The lowest BCUT2D eigenvalue weighted by molar-refractivity contribution is -0.208. The molecule has 31 heavy (non-hydrogen) atoms. The van der Waals surface area contributed by atoms with Crippen molar-refractivity contribution < 1.29 is 23.0 Å². The molecule has 0 saturated carbocycles. The van der Waals surface area contributed by atoms with Crippen molar-refractivity contribution in [2.45, 2.75) is 51.1 Å². The average molecular weight is 430 g/mol. The third-order valence-corrected chi connectivity index (χ3v) is 5.54. The molecule has 2 aromatic rings. The zero-order valence-corrected chi connectivity index (χ0v) is 17.5. The van der Waals surface area contributed by atoms with E-state index in [1.54, 1.807) is 24.3 Å². The smallest absolute Gasteiger partial charge is 0.411 e. The molecule has 0 fully saturated rings. The summed E-state index contributed by atoms with van der Waals surface area (Å²) < 4.78 is 49.0. The van der Waals surface area contributed by atoms with Gasteiger partial charge >= 0.3 is 6.18 Å². The maximum absolute atomic E-state index is 14.5. The molecule has 0 saturated heterocycles. The van der Waals surface area contributed by atoms with Crippen molar-refractivity contribution in [3.63, 3.8) is 0 Å². The first-order valence-corrected chi connectivity index (χ1v) is 10.2. The summed E-state index contributed by atoms with van der Waals surface area (Å²) in [6.45, 7) is 4.38. The van der Waals surface area contributed by atoms with Crippen LogP contribution in [-0.2, 0) is 5.54 Å². The van der Waals surface area contributed by atoms with Crippen LogP contribution >= 0.6 is 0 Å². The molecular formula is C24H25F3N2O2. The van der Waals surface area contributed by atoms with Crippen LogP contribution in [0.25, 0.3) is 5.57 Å². The molecule has 164 valence electrons. The molecule has 0 radical (unpaired) electrons. The highest BCUT2D eigenvalue weighted by Crippen LogP contribution is 2.49. The minimum absolute atomic E-state index is 0.0523. The Morgan fingerprint density at radius 2 is 1.81 bits per heavy atom. The second kappa shape index (κ2) is 9.13. The summed E-state index contributed by atoms with van der Waals surface area (Å²) in [7, 11) is 0. The van der Waals surface area contributed by atoms with Crippen molar-refractivity contribution in [3.05, 3.63) is 70.8 Å². The van der Waals surface area contributed by atoms with E-state index in [1.807, 2.05) is 19.9 Å². The van der Waals surface area contributed by atoms with Crippen molar-refractivity contribution in [2.24, 2.45) is 0 Å². The van der Waals surface area contributed by atoms with Gasteiger partial charge in [0.2, 0.25) is 0 Å². The van der Waals surface area contributed by atoms with Gasteiger partial charge in [-0.2, -0.15) is 18.4 Å². The van der Waals surface area contributed by atoms with Crippen LogP contribution in [0.3, 0.4) is 0 Å². The van der Waals surface area contributed by atoms with E-state index < -0.39 is 24.4 Å². The zero-order valence-electron chi connectivity index (χ0n) is 17.5. The highest BCUT2D eigenvalue weighted by Gasteiger charge is 2.59. The number of alkyl halides is 3. The van der Waals surface area contributed by atoms with E-state index in [-0.39, 0.29) is 16.7 Å². The van der Waals surface area contributed by atoms with Crippen molar-refractivity contribution >= 4 is 5.57 Å². The number of hydrogen-bond donors (Lipinski definition) is 2. The predicted octanol–water partition coefficient (Wildman–Crippen LogP) is 5.22. The summed E-state index contributed by atoms with van der Waals surface area (Å²) >= 11 is 0. The third-order valence-electron chi connectivity index (χ3n) is 5.54. The lowest BCUT2D eigenvalue weighted by Gasteiger charge is -2.43. The van der Waals surface area contributed by atoms with Gasteiger partial charge in [0, 0.05) is 6.42 Å². The monoisotopic (exact) mass is 430 g/mol. The van der Waals surface area contributed by atoms with Crippen LogP contribution in [0.5, 0.6) is 5.75 Å². The van der Waals surface area contributed by atoms with E-state index in [0.717, 1.165) is 18.4 Å². The summed E-state index contributed by atoms with van der Waals surface area (Å²) in [6, 6.07) is 14.5. The SMILES string of the molecule is CCCCOc1ccc(C2(C(F)(F)F)CC(c3ccc(C)cc3)=C(C#N)C(O)N2)cc1. The number of halogens is 3. The molecule has 2 atom stereocenters. The molecule has 2 aromatic carbocycles. The van der Waals surface area contributed by atoms with E-state index in [9.17, 15) is 23.5 Å². The van der Waals surface area contributed by atoms with Gasteiger partial charge in [-0.3, -0.25) is 5.32 Å². The Balaban J connectivity index is 2.05. The van der Waals surface area contributed by atoms with Crippen LogP contribution in [0.1, 0.15) is 42.9 Å². The zero-order chi connectivity index (χ0) is 22.6. The number of nitrogens with zero attached hydrogens (tertiary/aromatic N) is 1. The summed E-state index contributed by atoms with van der Waals surface area (Å²) in [5, 5.41) is 22.3. The molecule has 3 rings (SSSR count). The van der Waals surface area contributed by atoms with Gasteiger partial charge in [-0.15, -0.1) is 0 Å². The van der Waals surface area contributed by atoms with E-state index in [2.05, 4.69) is 5.32 Å². The lowest BCUT2D eigenvalue weighted by atomic mass is 9.76. The van der Waals surface area contributed by atoms with Gasteiger partial charge < -0.3 is 9.84 Å². The predicted molar refractivity (Wildman–Crippen MR) is 112 cm³/mol. The molecule has 4 nitrogen and oxygen atoms in total. The number of ether oxygens (including phenoxy) is 1. The Bertz CT molecular complexity index is 976. The minimum atomic E-state index is -4.73. The van der Waals surface area contributed by atoms with Crippen LogP contribution in [0.15, 0.2) is 54.1 Å². The Hall–Kier alpha value is -2.82. The highest BCUT2D eigenvalue weighted by molar-refractivity contribution is 5.75. The van der Waals surface area contributed by atoms with E-state index in [0.29, 0.717) is 17.9 Å². The maximum atomic E-state index is 14.5. The number of aliphatic hydroxyl groups is 1. The standard InChI is InChI=1S/C24H25F3N2O2/c1-3-4-13-31-19-11-9-18(10-12-19)23(24(25,26)27)14-20(21(15-28)22(30)29-23)17-7-5-16(2)6-8-17/h5-12,22,29-30H,3-4,13-14H2,1-2H3. The Labute approximate surface area is 180 Å². The number of rotatable bonds is 6. The number of hydrogen-bond acceptors (Lipinski definition) is 4. The minimum Gasteiger partial charge on any atom is -0.494 e. The second-order valence-corrected chi connectivity index (χ2v) is 7.72. The Morgan fingerprint density at radius 1 is 1.16 bits per heavy atom. The molecule has 0 bridgehead atoms. The van der Waals surface area contributed by atoms with E-state index in [1.165, 1.54) is 24.3 Å². The largest absolute Gasteiger partial charge is 0.494 e. The molecule has 0 aromatic heterocycles. The number of benzene rings is 2. The van der Waals surface area contributed by atoms with Crippen LogP contribution in [0.4, 0.5) is 13.2 Å². The molecular weight excluding hydrogens is 405 g/mol.